The number of halogens is 1. The van der Waals surface area contributed by atoms with Crippen molar-refractivity contribution in [1.29, 1.82) is 0 Å². The minimum atomic E-state index is 0.201. The summed E-state index contributed by atoms with van der Waals surface area (Å²) in [6.45, 7) is 4.08. The normalized spacial score (nSPS) is 12.6. The lowest BCUT2D eigenvalue weighted by molar-refractivity contribution is 0.208. The van der Waals surface area contributed by atoms with Crippen molar-refractivity contribution in [3.8, 4) is 5.88 Å². The molecule has 1 aromatic heterocycles. The standard InChI is InChI=1S/C8H11BrN2O/c1-3-6(2)12-8-4-7(9)10-5-11-8/h4-6H,3H2,1-2H3. The van der Waals surface area contributed by atoms with Gasteiger partial charge in [-0.15, -0.1) is 0 Å². The van der Waals surface area contributed by atoms with E-state index in [9.17, 15) is 0 Å². The Morgan fingerprint density at radius 1 is 1.58 bits per heavy atom. The zero-order valence-corrected chi connectivity index (χ0v) is 8.71. The van der Waals surface area contributed by atoms with Crippen LogP contribution in [0.2, 0.25) is 0 Å². The van der Waals surface area contributed by atoms with E-state index in [-0.39, 0.29) is 6.10 Å². The fourth-order valence-corrected chi connectivity index (χ4v) is 0.959. The molecule has 1 heterocycles. The summed E-state index contributed by atoms with van der Waals surface area (Å²) < 4.78 is 6.21. The lowest BCUT2D eigenvalue weighted by Crippen LogP contribution is -2.10. The van der Waals surface area contributed by atoms with E-state index in [1.165, 1.54) is 6.33 Å². The van der Waals surface area contributed by atoms with Gasteiger partial charge in [-0.2, -0.15) is 0 Å². The van der Waals surface area contributed by atoms with Crippen LogP contribution in [0.3, 0.4) is 0 Å². The summed E-state index contributed by atoms with van der Waals surface area (Å²) in [5.74, 6) is 0.617. The largest absolute Gasteiger partial charge is 0.475 e. The van der Waals surface area contributed by atoms with E-state index in [1.807, 2.05) is 6.92 Å². The minimum Gasteiger partial charge on any atom is -0.475 e. The van der Waals surface area contributed by atoms with Crippen LogP contribution in [0, 0.1) is 0 Å². The molecule has 0 saturated heterocycles. The van der Waals surface area contributed by atoms with E-state index in [0.717, 1.165) is 11.0 Å². The molecule has 0 fully saturated rings. The lowest BCUT2D eigenvalue weighted by Gasteiger charge is -2.10. The molecule has 0 radical (unpaired) electrons. The second kappa shape index (κ2) is 4.40. The van der Waals surface area contributed by atoms with Crippen LogP contribution in [0.4, 0.5) is 0 Å². The topological polar surface area (TPSA) is 35.0 Å². The molecule has 1 unspecified atom stereocenters. The quantitative estimate of drug-likeness (QED) is 0.749. The van der Waals surface area contributed by atoms with E-state index >= 15 is 0 Å². The zero-order chi connectivity index (χ0) is 8.97. The summed E-state index contributed by atoms with van der Waals surface area (Å²) in [6, 6.07) is 1.76. The maximum atomic E-state index is 5.46. The van der Waals surface area contributed by atoms with Gasteiger partial charge in [0.25, 0.3) is 0 Å². The van der Waals surface area contributed by atoms with Gasteiger partial charge in [-0.1, -0.05) is 6.92 Å². The van der Waals surface area contributed by atoms with E-state index in [2.05, 4.69) is 32.8 Å². The molecule has 0 spiro atoms. The smallest absolute Gasteiger partial charge is 0.217 e. The first kappa shape index (κ1) is 9.45. The van der Waals surface area contributed by atoms with Gasteiger partial charge in [-0.05, 0) is 29.3 Å². The van der Waals surface area contributed by atoms with Crippen LogP contribution < -0.4 is 4.74 Å². The number of nitrogens with zero attached hydrogens (tertiary/aromatic N) is 2. The van der Waals surface area contributed by atoms with E-state index < -0.39 is 0 Å². The molecule has 0 aliphatic heterocycles. The number of hydrogen-bond acceptors (Lipinski definition) is 3. The van der Waals surface area contributed by atoms with Gasteiger partial charge in [0, 0.05) is 6.07 Å². The summed E-state index contributed by atoms with van der Waals surface area (Å²) in [6.07, 6.45) is 2.65. The van der Waals surface area contributed by atoms with Crippen LogP contribution in [0.1, 0.15) is 20.3 Å². The molecular weight excluding hydrogens is 220 g/mol. The summed E-state index contributed by atoms with van der Waals surface area (Å²) in [5.41, 5.74) is 0. The highest BCUT2D eigenvalue weighted by molar-refractivity contribution is 9.10. The van der Waals surface area contributed by atoms with Gasteiger partial charge < -0.3 is 4.74 Å². The van der Waals surface area contributed by atoms with E-state index in [4.69, 9.17) is 4.74 Å². The maximum Gasteiger partial charge on any atom is 0.217 e. The third kappa shape index (κ3) is 2.77. The number of hydrogen-bond donors (Lipinski definition) is 0. The van der Waals surface area contributed by atoms with Crippen molar-refractivity contribution in [2.45, 2.75) is 26.4 Å². The van der Waals surface area contributed by atoms with Crippen molar-refractivity contribution in [2.75, 3.05) is 0 Å². The highest BCUT2D eigenvalue weighted by Gasteiger charge is 2.01. The van der Waals surface area contributed by atoms with Crippen LogP contribution in [-0.4, -0.2) is 16.1 Å². The minimum absolute atomic E-state index is 0.201. The van der Waals surface area contributed by atoms with Crippen molar-refractivity contribution < 1.29 is 4.74 Å². The molecule has 1 atom stereocenters. The third-order valence-corrected chi connectivity index (χ3v) is 1.94. The molecule has 0 aromatic carbocycles. The van der Waals surface area contributed by atoms with E-state index in [1.54, 1.807) is 6.07 Å². The predicted octanol–water partition coefficient (Wildman–Crippen LogP) is 2.42. The Morgan fingerprint density at radius 2 is 2.33 bits per heavy atom. The Labute approximate surface area is 80.3 Å². The first-order chi connectivity index (χ1) is 5.72. The third-order valence-electron chi connectivity index (χ3n) is 1.51. The Kier molecular flexibility index (Phi) is 3.47. The summed E-state index contributed by atoms with van der Waals surface area (Å²) >= 11 is 3.24. The molecule has 66 valence electrons. The molecule has 0 aliphatic rings. The molecule has 0 N–H and O–H groups in total. The SMILES string of the molecule is CCC(C)Oc1cc(Br)ncn1. The summed E-state index contributed by atoms with van der Waals surface area (Å²) in [5, 5.41) is 0. The van der Waals surface area contributed by atoms with Crippen molar-refractivity contribution in [1.82, 2.24) is 9.97 Å². The average molecular weight is 231 g/mol. The fraction of sp³-hybridized carbons (Fsp3) is 0.500. The average Bonchev–Trinajstić information content (AvgIpc) is 2.04. The number of aromatic nitrogens is 2. The molecule has 12 heavy (non-hydrogen) atoms. The molecule has 0 saturated carbocycles. The van der Waals surface area contributed by atoms with Crippen LogP contribution in [0.5, 0.6) is 5.88 Å². The Bertz CT molecular complexity index is 255. The lowest BCUT2D eigenvalue weighted by atomic mass is 10.3. The van der Waals surface area contributed by atoms with Gasteiger partial charge in [0.05, 0.1) is 6.10 Å². The summed E-state index contributed by atoms with van der Waals surface area (Å²) in [7, 11) is 0. The van der Waals surface area contributed by atoms with Crippen molar-refractivity contribution in [3.05, 3.63) is 17.0 Å². The van der Waals surface area contributed by atoms with Gasteiger partial charge in [0.2, 0.25) is 5.88 Å². The molecule has 1 aromatic rings. The molecule has 3 nitrogen and oxygen atoms in total. The Hall–Kier alpha value is -0.640. The van der Waals surface area contributed by atoms with E-state index in [0.29, 0.717) is 5.88 Å². The van der Waals surface area contributed by atoms with Gasteiger partial charge in [0.1, 0.15) is 10.9 Å². The van der Waals surface area contributed by atoms with Crippen molar-refractivity contribution >= 4 is 15.9 Å². The second-order valence-electron chi connectivity index (χ2n) is 2.52. The molecule has 0 amide bonds. The van der Waals surface area contributed by atoms with Crippen LogP contribution in [0.15, 0.2) is 17.0 Å². The number of rotatable bonds is 3. The zero-order valence-electron chi connectivity index (χ0n) is 7.12. The highest BCUT2D eigenvalue weighted by atomic mass is 79.9. The first-order valence-corrected chi connectivity index (χ1v) is 4.66. The summed E-state index contributed by atoms with van der Waals surface area (Å²) in [4.78, 5) is 7.86. The van der Waals surface area contributed by atoms with Crippen LogP contribution in [-0.2, 0) is 0 Å². The Balaban J connectivity index is 2.63. The Morgan fingerprint density at radius 3 is 2.92 bits per heavy atom. The van der Waals surface area contributed by atoms with Gasteiger partial charge in [0.15, 0.2) is 0 Å². The van der Waals surface area contributed by atoms with Gasteiger partial charge in [-0.3, -0.25) is 0 Å². The molecule has 0 bridgehead atoms. The molecular formula is C8H11BrN2O. The van der Waals surface area contributed by atoms with Crippen molar-refractivity contribution in [2.24, 2.45) is 0 Å². The molecule has 0 aliphatic carbocycles. The maximum absolute atomic E-state index is 5.46. The number of ether oxygens (including phenoxy) is 1. The molecule has 4 heteroatoms. The fourth-order valence-electron chi connectivity index (χ4n) is 0.671. The predicted molar refractivity (Wildman–Crippen MR) is 50.1 cm³/mol. The van der Waals surface area contributed by atoms with Crippen LogP contribution >= 0.6 is 15.9 Å². The van der Waals surface area contributed by atoms with Gasteiger partial charge >= 0.3 is 0 Å². The van der Waals surface area contributed by atoms with Crippen molar-refractivity contribution in [3.63, 3.8) is 0 Å². The molecule has 1 rings (SSSR count). The highest BCUT2D eigenvalue weighted by Crippen LogP contribution is 2.13. The first-order valence-electron chi connectivity index (χ1n) is 3.86. The van der Waals surface area contributed by atoms with Gasteiger partial charge in [-0.25, -0.2) is 9.97 Å². The second-order valence-corrected chi connectivity index (χ2v) is 3.33. The van der Waals surface area contributed by atoms with Crippen LogP contribution in [0.25, 0.3) is 0 Å². The monoisotopic (exact) mass is 230 g/mol.